The number of carbonyl (C=O) groups excluding carboxylic acids is 3. The van der Waals surface area contributed by atoms with Crippen molar-refractivity contribution in [2.75, 3.05) is 12.5 Å². The van der Waals surface area contributed by atoms with E-state index >= 15 is 4.39 Å². The molecule has 0 aromatic rings. The molecule has 0 aliphatic heterocycles. The summed E-state index contributed by atoms with van der Waals surface area (Å²) in [7, 11) is 0. The van der Waals surface area contributed by atoms with Gasteiger partial charge in [0.1, 0.15) is 10.2 Å². The van der Waals surface area contributed by atoms with Gasteiger partial charge in [-0.2, -0.15) is 0 Å². The summed E-state index contributed by atoms with van der Waals surface area (Å²) in [5.74, 6) is -1.05. The molecular weight excluding hydrogens is 423 g/mol. The molecular formula is C23H29FO4S2. The minimum absolute atomic E-state index is 0.131. The van der Waals surface area contributed by atoms with Crippen LogP contribution in [0.3, 0.4) is 0 Å². The topological polar surface area (TPSA) is 60.4 Å². The molecule has 0 unspecified atom stereocenters. The Kier molecular flexibility index (Phi) is 5.13. The molecule has 0 amide bonds. The number of thioether (sulfide) groups is 2. The minimum Gasteiger partial charge on any atom is -0.459 e. The van der Waals surface area contributed by atoms with Gasteiger partial charge in [-0.1, -0.05) is 18.6 Å². The van der Waals surface area contributed by atoms with Gasteiger partial charge in [-0.3, -0.25) is 14.4 Å². The molecule has 0 spiro atoms. The number of hydrogen-bond donors (Lipinski definition) is 0. The molecule has 0 saturated heterocycles. The van der Waals surface area contributed by atoms with E-state index in [1.165, 1.54) is 36.5 Å². The number of allylic oxidation sites excluding steroid dienone is 4. The van der Waals surface area contributed by atoms with Crippen LogP contribution >= 0.6 is 23.5 Å². The number of ketones is 2. The number of alkyl halides is 1. The molecule has 0 aromatic heterocycles. The van der Waals surface area contributed by atoms with Gasteiger partial charge in [0, 0.05) is 30.1 Å². The van der Waals surface area contributed by atoms with Gasteiger partial charge in [0.2, 0.25) is 0 Å². The highest BCUT2D eigenvalue weighted by Gasteiger charge is 2.76. The Morgan fingerprint density at radius 1 is 1.20 bits per heavy atom. The van der Waals surface area contributed by atoms with Crippen molar-refractivity contribution in [2.24, 2.45) is 22.7 Å². The summed E-state index contributed by atoms with van der Waals surface area (Å²) in [6.07, 6.45) is 9.36. The Morgan fingerprint density at radius 3 is 2.47 bits per heavy atom. The van der Waals surface area contributed by atoms with Crippen LogP contribution in [0.4, 0.5) is 4.39 Å². The molecule has 3 fully saturated rings. The Bertz CT molecular complexity index is 878. The Balaban J connectivity index is 1.90. The highest BCUT2D eigenvalue weighted by molar-refractivity contribution is 8.18. The maximum absolute atomic E-state index is 17.5. The van der Waals surface area contributed by atoms with E-state index in [0.717, 1.165) is 5.57 Å². The van der Waals surface area contributed by atoms with Crippen molar-refractivity contribution in [3.63, 3.8) is 0 Å². The van der Waals surface area contributed by atoms with Gasteiger partial charge in [0.05, 0.1) is 0 Å². The Morgan fingerprint density at radius 2 is 1.87 bits per heavy atom. The summed E-state index contributed by atoms with van der Waals surface area (Å²) in [4.78, 5) is 37.4. The first-order chi connectivity index (χ1) is 14.0. The largest absolute Gasteiger partial charge is 0.459 e. The molecule has 4 aliphatic carbocycles. The number of ether oxygens (including phenoxy) is 1. The standard InChI is InChI=1S/C23H29FO4S2/c1-13(25)28-19-12-21(3)17(11-18(27)23(21,29-4)30-5)16-7-6-14-10-15(26)8-9-20(14,2)22(16,19)24/h8-10,16-17,19H,6-7,11-12H2,1-5H3/t16-,17-,19-,20-,21-,22-/m0/s1. The highest BCUT2D eigenvalue weighted by Crippen LogP contribution is 2.72. The average Bonchev–Trinajstić information content (AvgIpc) is 2.89. The van der Waals surface area contributed by atoms with Crippen LogP contribution in [0.5, 0.6) is 0 Å². The van der Waals surface area contributed by atoms with E-state index in [0.29, 0.717) is 25.7 Å². The molecule has 0 heterocycles. The molecule has 6 atom stereocenters. The number of fused-ring (bicyclic) bond motifs is 5. The number of esters is 1. The van der Waals surface area contributed by atoms with Crippen LogP contribution in [0.2, 0.25) is 0 Å². The van der Waals surface area contributed by atoms with Crippen molar-refractivity contribution in [1.29, 1.82) is 0 Å². The number of halogens is 1. The van der Waals surface area contributed by atoms with Crippen LogP contribution < -0.4 is 0 Å². The summed E-state index contributed by atoms with van der Waals surface area (Å²) in [5, 5.41) is 0. The molecule has 30 heavy (non-hydrogen) atoms. The fraction of sp³-hybridized carbons (Fsp3) is 0.696. The van der Waals surface area contributed by atoms with Crippen molar-refractivity contribution in [2.45, 2.75) is 62.3 Å². The van der Waals surface area contributed by atoms with Gasteiger partial charge in [0.15, 0.2) is 17.2 Å². The maximum atomic E-state index is 17.5. The number of carbonyl (C=O) groups is 3. The van der Waals surface area contributed by atoms with Crippen molar-refractivity contribution in [3.05, 3.63) is 23.8 Å². The lowest BCUT2D eigenvalue weighted by molar-refractivity contribution is -0.209. The predicted molar refractivity (Wildman–Crippen MR) is 118 cm³/mol. The summed E-state index contributed by atoms with van der Waals surface area (Å²) in [6, 6.07) is 0. The van der Waals surface area contributed by atoms with E-state index in [-0.39, 0.29) is 17.5 Å². The molecule has 164 valence electrons. The summed E-state index contributed by atoms with van der Waals surface area (Å²) in [5.41, 5.74) is -2.62. The van der Waals surface area contributed by atoms with Crippen molar-refractivity contribution < 1.29 is 23.5 Å². The van der Waals surface area contributed by atoms with Gasteiger partial charge in [-0.25, -0.2) is 4.39 Å². The third-order valence-corrected chi connectivity index (χ3v) is 12.0. The Hall–Kier alpha value is -1.08. The zero-order chi connectivity index (χ0) is 22.1. The molecule has 0 bridgehead atoms. The van der Waals surface area contributed by atoms with Crippen molar-refractivity contribution >= 4 is 41.1 Å². The van der Waals surface area contributed by atoms with Crippen LogP contribution in [0.15, 0.2) is 23.8 Å². The van der Waals surface area contributed by atoms with E-state index in [2.05, 4.69) is 6.92 Å². The molecule has 7 heteroatoms. The van der Waals surface area contributed by atoms with Gasteiger partial charge in [-0.15, -0.1) is 23.5 Å². The smallest absolute Gasteiger partial charge is 0.303 e. The minimum atomic E-state index is -1.86. The summed E-state index contributed by atoms with van der Waals surface area (Å²) < 4.78 is 22.5. The van der Waals surface area contributed by atoms with E-state index in [1.807, 2.05) is 19.4 Å². The van der Waals surface area contributed by atoms with Crippen LogP contribution in [-0.2, 0) is 19.1 Å². The van der Waals surface area contributed by atoms with Crippen molar-refractivity contribution in [1.82, 2.24) is 0 Å². The molecule has 4 nitrogen and oxygen atoms in total. The van der Waals surface area contributed by atoms with Crippen LogP contribution in [0.25, 0.3) is 0 Å². The second-order valence-corrected chi connectivity index (χ2v) is 11.8. The predicted octanol–water partition coefficient (Wildman–Crippen LogP) is 4.53. The molecule has 0 N–H and O–H groups in total. The monoisotopic (exact) mass is 452 g/mol. The SMILES string of the molecule is CSC1(SC)C(=O)C[C@H]2[C@@H]3CCC4=CC(=O)C=C[C@]4(C)[C@@]3(F)[C@@H](OC(C)=O)C[C@@]21C. The first-order valence-corrected chi connectivity index (χ1v) is 12.9. The second kappa shape index (κ2) is 6.96. The zero-order valence-electron chi connectivity index (χ0n) is 18.1. The third kappa shape index (κ3) is 2.51. The highest BCUT2D eigenvalue weighted by atomic mass is 32.2. The average molecular weight is 453 g/mol. The van der Waals surface area contributed by atoms with E-state index in [9.17, 15) is 14.4 Å². The lowest BCUT2D eigenvalue weighted by atomic mass is 9.46. The molecule has 0 radical (unpaired) electrons. The third-order valence-electron chi connectivity index (χ3n) is 8.41. The van der Waals surface area contributed by atoms with E-state index in [4.69, 9.17) is 4.74 Å². The van der Waals surface area contributed by atoms with E-state index in [1.54, 1.807) is 12.2 Å². The molecule has 3 saturated carbocycles. The van der Waals surface area contributed by atoms with Gasteiger partial charge in [-0.05, 0) is 56.8 Å². The van der Waals surface area contributed by atoms with Gasteiger partial charge < -0.3 is 4.74 Å². The molecule has 0 aromatic carbocycles. The fourth-order valence-electron chi connectivity index (χ4n) is 7.04. The molecule has 4 rings (SSSR count). The first-order valence-electron chi connectivity index (χ1n) is 10.4. The Labute approximate surface area is 185 Å². The second-order valence-electron chi connectivity index (χ2n) is 9.50. The van der Waals surface area contributed by atoms with Gasteiger partial charge in [0.25, 0.3) is 0 Å². The van der Waals surface area contributed by atoms with Crippen LogP contribution in [-0.4, -0.2) is 45.9 Å². The summed E-state index contributed by atoms with van der Waals surface area (Å²) >= 11 is 3.07. The lowest BCUT2D eigenvalue weighted by Crippen LogP contribution is -2.68. The van der Waals surface area contributed by atoms with E-state index < -0.39 is 38.6 Å². The van der Waals surface area contributed by atoms with Crippen molar-refractivity contribution in [3.8, 4) is 0 Å². The van der Waals surface area contributed by atoms with Crippen LogP contribution in [0, 0.1) is 22.7 Å². The quantitative estimate of drug-likeness (QED) is 0.463. The number of rotatable bonds is 3. The fourth-order valence-corrected chi connectivity index (χ4v) is 9.73. The lowest BCUT2D eigenvalue weighted by Gasteiger charge is -2.63. The molecule has 4 aliphatic rings. The first kappa shape index (κ1) is 22.1. The number of Topliss-reactive ketones (excluding diaryl/α,β-unsaturated/α-hetero) is 1. The normalized spacial score (nSPS) is 44.1. The number of hydrogen-bond acceptors (Lipinski definition) is 6. The van der Waals surface area contributed by atoms with Crippen LogP contribution in [0.1, 0.15) is 46.5 Å². The maximum Gasteiger partial charge on any atom is 0.303 e. The summed E-state index contributed by atoms with van der Waals surface area (Å²) in [6.45, 7) is 5.21. The van der Waals surface area contributed by atoms with Gasteiger partial charge >= 0.3 is 5.97 Å². The zero-order valence-corrected chi connectivity index (χ0v) is 19.8.